The maximum absolute atomic E-state index is 9.57. The fourth-order valence-corrected chi connectivity index (χ4v) is 2.17. The van der Waals surface area contributed by atoms with Crippen LogP contribution in [-0.4, -0.2) is 36.4 Å². The van der Waals surface area contributed by atoms with E-state index in [1.807, 2.05) is 13.0 Å². The Hall–Kier alpha value is -1.49. The molecule has 0 aliphatic carbocycles. The highest BCUT2D eigenvalue weighted by atomic mass is 16.5. The average molecular weight is 237 g/mol. The zero-order chi connectivity index (χ0) is 12.4. The van der Waals surface area contributed by atoms with E-state index < -0.39 is 0 Å². The predicted octanol–water partition coefficient (Wildman–Crippen LogP) is 0.880. The first-order valence-electron chi connectivity index (χ1n) is 5.85. The summed E-state index contributed by atoms with van der Waals surface area (Å²) >= 11 is 0. The van der Waals surface area contributed by atoms with Gasteiger partial charge in [-0.05, 0) is 25.5 Å². The fraction of sp³-hybridized carbons (Fsp3) is 0.583. The van der Waals surface area contributed by atoms with Gasteiger partial charge >= 0.3 is 0 Å². The number of hydrogen-bond donors (Lipinski definition) is 2. The summed E-state index contributed by atoms with van der Waals surface area (Å²) < 4.78 is 5.11. The number of aromatic nitrogens is 1. The standard InChI is InChI=1S/C12H19N3O2/c1-8(16)9-5-6-15(7-9)11-4-3-10(13)12(14-11)17-2/h3-4,8-9,16H,5-7,13H2,1-2H3. The van der Waals surface area contributed by atoms with Crippen molar-refractivity contribution in [2.24, 2.45) is 5.92 Å². The lowest BCUT2D eigenvalue weighted by molar-refractivity contribution is 0.136. The largest absolute Gasteiger partial charge is 0.479 e. The smallest absolute Gasteiger partial charge is 0.238 e. The number of pyridine rings is 1. The highest BCUT2D eigenvalue weighted by molar-refractivity contribution is 5.54. The molecule has 2 atom stereocenters. The van der Waals surface area contributed by atoms with E-state index in [1.54, 1.807) is 13.2 Å². The minimum atomic E-state index is -0.268. The normalized spacial score (nSPS) is 21.6. The number of ether oxygens (including phenoxy) is 1. The average Bonchev–Trinajstić information content (AvgIpc) is 2.79. The Morgan fingerprint density at radius 2 is 2.35 bits per heavy atom. The zero-order valence-corrected chi connectivity index (χ0v) is 10.3. The van der Waals surface area contributed by atoms with Crippen LogP contribution in [0.5, 0.6) is 5.88 Å². The van der Waals surface area contributed by atoms with Crippen molar-refractivity contribution >= 4 is 11.5 Å². The van der Waals surface area contributed by atoms with Crippen LogP contribution in [0.4, 0.5) is 11.5 Å². The predicted molar refractivity (Wildman–Crippen MR) is 67.2 cm³/mol. The van der Waals surface area contributed by atoms with E-state index in [2.05, 4.69) is 9.88 Å². The number of nitrogen functional groups attached to an aromatic ring is 1. The summed E-state index contributed by atoms with van der Waals surface area (Å²) in [5, 5.41) is 9.57. The monoisotopic (exact) mass is 237 g/mol. The Kier molecular flexibility index (Phi) is 3.38. The maximum atomic E-state index is 9.57. The van der Waals surface area contributed by atoms with Crippen LogP contribution in [0.25, 0.3) is 0 Å². The first kappa shape index (κ1) is 12.0. The first-order valence-corrected chi connectivity index (χ1v) is 5.85. The Morgan fingerprint density at radius 3 is 2.94 bits per heavy atom. The quantitative estimate of drug-likeness (QED) is 0.816. The number of anilines is 2. The third-order valence-corrected chi connectivity index (χ3v) is 3.30. The summed E-state index contributed by atoms with van der Waals surface area (Å²) in [6, 6.07) is 3.69. The molecule has 0 aromatic carbocycles. The van der Waals surface area contributed by atoms with Gasteiger partial charge in [0.1, 0.15) is 5.82 Å². The van der Waals surface area contributed by atoms with Crippen LogP contribution in [0.2, 0.25) is 0 Å². The Balaban J connectivity index is 2.13. The number of methoxy groups -OCH3 is 1. The third-order valence-electron chi connectivity index (χ3n) is 3.30. The van der Waals surface area contributed by atoms with Gasteiger partial charge in [0.25, 0.3) is 0 Å². The van der Waals surface area contributed by atoms with Gasteiger partial charge in [-0.2, -0.15) is 4.98 Å². The first-order chi connectivity index (χ1) is 8.11. The van der Waals surface area contributed by atoms with Crippen molar-refractivity contribution in [2.75, 3.05) is 30.8 Å². The zero-order valence-electron chi connectivity index (χ0n) is 10.3. The van der Waals surface area contributed by atoms with Gasteiger partial charge in [0, 0.05) is 19.0 Å². The Bertz CT molecular complexity index is 395. The molecule has 1 aliphatic rings. The number of hydrogen-bond acceptors (Lipinski definition) is 5. The number of rotatable bonds is 3. The SMILES string of the molecule is COc1nc(N2CCC(C(C)O)C2)ccc1N. The van der Waals surface area contributed by atoms with E-state index in [0.717, 1.165) is 25.3 Å². The molecule has 1 saturated heterocycles. The molecule has 0 amide bonds. The summed E-state index contributed by atoms with van der Waals surface area (Å²) in [4.78, 5) is 6.52. The minimum Gasteiger partial charge on any atom is -0.479 e. The number of aliphatic hydroxyl groups excluding tert-OH is 1. The van der Waals surface area contributed by atoms with Gasteiger partial charge in [0.2, 0.25) is 5.88 Å². The molecule has 5 heteroatoms. The second kappa shape index (κ2) is 4.79. The molecule has 2 unspecified atom stereocenters. The molecule has 2 rings (SSSR count). The Labute approximate surface area is 101 Å². The van der Waals surface area contributed by atoms with Crippen molar-refractivity contribution in [3.05, 3.63) is 12.1 Å². The maximum Gasteiger partial charge on any atom is 0.238 e. The van der Waals surface area contributed by atoms with Gasteiger partial charge < -0.3 is 20.5 Å². The lowest BCUT2D eigenvalue weighted by Crippen LogP contribution is -2.24. The molecular formula is C12H19N3O2. The van der Waals surface area contributed by atoms with Gasteiger partial charge in [-0.3, -0.25) is 0 Å². The molecule has 17 heavy (non-hydrogen) atoms. The van der Waals surface area contributed by atoms with Crippen LogP contribution in [0.3, 0.4) is 0 Å². The van der Waals surface area contributed by atoms with Crippen LogP contribution < -0.4 is 15.4 Å². The van der Waals surface area contributed by atoms with Crippen molar-refractivity contribution in [1.29, 1.82) is 0 Å². The van der Waals surface area contributed by atoms with Gasteiger partial charge in [-0.15, -0.1) is 0 Å². The summed E-state index contributed by atoms with van der Waals surface area (Å²) in [5.41, 5.74) is 6.27. The van der Waals surface area contributed by atoms with E-state index in [4.69, 9.17) is 10.5 Å². The molecule has 1 aliphatic heterocycles. The van der Waals surface area contributed by atoms with Crippen molar-refractivity contribution in [2.45, 2.75) is 19.4 Å². The fourth-order valence-electron chi connectivity index (χ4n) is 2.17. The summed E-state index contributed by atoms with van der Waals surface area (Å²) in [6.07, 6.45) is 0.724. The second-order valence-electron chi connectivity index (χ2n) is 4.50. The van der Waals surface area contributed by atoms with Crippen molar-refractivity contribution in [3.63, 3.8) is 0 Å². The molecular weight excluding hydrogens is 218 g/mol. The van der Waals surface area contributed by atoms with E-state index in [1.165, 1.54) is 0 Å². The minimum absolute atomic E-state index is 0.268. The second-order valence-corrected chi connectivity index (χ2v) is 4.50. The summed E-state index contributed by atoms with van der Waals surface area (Å²) in [5.74, 6) is 1.64. The van der Waals surface area contributed by atoms with Gasteiger partial charge in [0.05, 0.1) is 18.9 Å². The van der Waals surface area contributed by atoms with Crippen LogP contribution in [-0.2, 0) is 0 Å². The van der Waals surface area contributed by atoms with Gasteiger partial charge in [-0.25, -0.2) is 0 Å². The van der Waals surface area contributed by atoms with E-state index in [0.29, 0.717) is 17.5 Å². The van der Waals surface area contributed by atoms with Gasteiger partial charge in [-0.1, -0.05) is 0 Å². The lowest BCUT2D eigenvalue weighted by atomic mass is 10.0. The number of nitrogens with two attached hydrogens (primary N) is 1. The van der Waals surface area contributed by atoms with Crippen LogP contribution in [0, 0.1) is 5.92 Å². The summed E-state index contributed by atoms with van der Waals surface area (Å²) in [6.45, 7) is 3.58. The van der Waals surface area contributed by atoms with Crippen LogP contribution in [0.15, 0.2) is 12.1 Å². The van der Waals surface area contributed by atoms with Crippen molar-refractivity contribution < 1.29 is 9.84 Å². The van der Waals surface area contributed by atoms with E-state index in [-0.39, 0.29) is 6.10 Å². The number of nitrogens with zero attached hydrogens (tertiary/aromatic N) is 2. The molecule has 1 aromatic heterocycles. The van der Waals surface area contributed by atoms with E-state index in [9.17, 15) is 5.11 Å². The molecule has 1 aromatic rings. The van der Waals surface area contributed by atoms with Crippen molar-refractivity contribution in [3.8, 4) is 5.88 Å². The van der Waals surface area contributed by atoms with Crippen molar-refractivity contribution in [1.82, 2.24) is 4.98 Å². The molecule has 5 nitrogen and oxygen atoms in total. The van der Waals surface area contributed by atoms with Gasteiger partial charge in [0.15, 0.2) is 0 Å². The van der Waals surface area contributed by atoms with Crippen LogP contribution >= 0.6 is 0 Å². The highest BCUT2D eigenvalue weighted by Crippen LogP contribution is 2.28. The molecule has 0 spiro atoms. The third kappa shape index (κ3) is 2.44. The molecule has 94 valence electrons. The Morgan fingerprint density at radius 1 is 1.59 bits per heavy atom. The molecule has 0 saturated carbocycles. The molecule has 3 N–H and O–H groups in total. The molecule has 0 bridgehead atoms. The topological polar surface area (TPSA) is 71.6 Å². The number of aliphatic hydroxyl groups is 1. The molecule has 2 heterocycles. The van der Waals surface area contributed by atoms with Crippen LogP contribution in [0.1, 0.15) is 13.3 Å². The summed E-state index contributed by atoms with van der Waals surface area (Å²) in [7, 11) is 1.56. The van der Waals surface area contributed by atoms with E-state index >= 15 is 0 Å². The molecule has 1 fully saturated rings. The highest BCUT2D eigenvalue weighted by Gasteiger charge is 2.27. The lowest BCUT2D eigenvalue weighted by Gasteiger charge is -2.19. The molecule has 0 radical (unpaired) electrons.